The molecule has 1 aliphatic heterocycles. The fourth-order valence-electron chi connectivity index (χ4n) is 1.94. The molecule has 1 N–H and O–H groups in total. The summed E-state index contributed by atoms with van der Waals surface area (Å²) in [6, 6.07) is 5.59. The van der Waals surface area contributed by atoms with E-state index in [1.807, 2.05) is 39.9 Å². The monoisotopic (exact) mass is 343 g/mol. The zero-order valence-electron chi connectivity index (χ0n) is 10.2. The minimum Gasteiger partial charge on any atom is -1.00 e. The molecule has 102 valence electrons. The summed E-state index contributed by atoms with van der Waals surface area (Å²) in [7, 11) is 0. The average Bonchev–Trinajstić information content (AvgIpc) is 2.91. The van der Waals surface area contributed by atoms with Crippen molar-refractivity contribution in [1.82, 2.24) is 0 Å². The topological polar surface area (TPSA) is 42.6 Å². The van der Waals surface area contributed by atoms with Gasteiger partial charge in [-0.15, -0.1) is 0 Å². The number of aliphatic hydroxyl groups excluding tert-OH is 1. The molecular formula is C13H14BrNO3S. The van der Waals surface area contributed by atoms with Crippen molar-refractivity contribution in [2.24, 2.45) is 0 Å². The third-order valence-corrected chi connectivity index (χ3v) is 3.53. The van der Waals surface area contributed by atoms with Crippen LogP contribution in [-0.4, -0.2) is 18.3 Å². The summed E-state index contributed by atoms with van der Waals surface area (Å²) in [6.07, 6.45) is 1.41. The summed E-state index contributed by atoms with van der Waals surface area (Å²) in [5, 5.41) is 12.2. The molecule has 4 nitrogen and oxygen atoms in total. The molecule has 1 aromatic carbocycles. The number of hydrogen-bond acceptors (Lipinski definition) is 4. The van der Waals surface area contributed by atoms with Gasteiger partial charge in [-0.1, -0.05) is 17.4 Å². The van der Waals surface area contributed by atoms with E-state index < -0.39 is 6.10 Å². The van der Waals surface area contributed by atoms with E-state index in [0.29, 0.717) is 25.5 Å². The molecule has 6 heteroatoms. The first-order valence-electron chi connectivity index (χ1n) is 5.82. The Bertz CT molecular complexity index is 533. The van der Waals surface area contributed by atoms with Crippen LogP contribution < -0.4 is 31.0 Å². The molecule has 0 saturated heterocycles. The molecule has 0 fully saturated rings. The van der Waals surface area contributed by atoms with Crippen molar-refractivity contribution in [3.63, 3.8) is 0 Å². The number of hydrogen-bond donors (Lipinski definition) is 1. The number of aromatic nitrogens is 1. The molecule has 0 spiro atoms. The Morgan fingerprint density at radius 2 is 2.05 bits per heavy atom. The zero-order valence-corrected chi connectivity index (χ0v) is 12.6. The molecule has 3 rings (SSSR count). The molecule has 0 radical (unpaired) electrons. The number of ether oxygens (including phenoxy) is 2. The SMILES string of the molecule is OC(C[n+]1ccsc1)c1ccc2c(c1)OCCO2.[Br-]. The number of halogens is 1. The van der Waals surface area contributed by atoms with Gasteiger partial charge in [0.1, 0.15) is 19.3 Å². The molecule has 2 heterocycles. The van der Waals surface area contributed by atoms with Gasteiger partial charge in [-0.3, -0.25) is 0 Å². The average molecular weight is 344 g/mol. The lowest BCUT2D eigenvalue weighted by atomic mass is 10.1. The Morgan fingerprint density at radius 1 is 1.26 bits per heavy atom. The van der Waals surface area contributed by atoms with Crippen molar-refractivity contribution >= 4 is 11.3 Å². The number of fused-ring (bicyclic) bond motifs is 1. The molecule has 0 saturated carbocycles. The predicted octanol–water partition coefficient (Wildman–Crippen LogP) is -1.46. The van der Waals surface area contributed by atoms with Gasteiger partial charge in [-0.2, -0.15) is 4.57 Å². The molecule has 1 atom stereocenters. The minimum atomic E-state index is -0.541. The van der Waals surface area contributed by atoms with Crippen LogP contribution >= 0.6 is 11.3 Å². The highest BCUT2D eigenvalue weighted by Gasteiger charge is 2.18. The van der Waals surface area contributed by atoms with E-state index in [1.54, 1.807) is 11.3 Å². The van der Waals surface area contributed by atoms with Crippen LogP contribution in [-0.2, 0) is 6.54 Å². The highest BCUT2D eigenvalue weighted by Crippen LogP contribution is 2.32. The highest BCUT2D eigenvalue weighted by molar-refractivity contribution is 7.07. The van der Waals surface area contributed by atoms with Crippen LogP contribution in [0.2, 0.25) is 0 Å². The van der Waals surface area contributed by atoms with Gasteiger partial charge in [0.2, 0.25) is 5.51 Å². The second-order valence-electron chi connectivity index (χ2n) is 4.14. The Hall–Kier alpha value is -1.11. The van der Waals surface area contributed by atoms with Crippen LogP contribution in [0.4, 0.5) is 0 Å². The fraction of sp³-hybridized carbons (Fsp3) is 0.308. The Morgan fingerprint density at radius 3 is 2.79 bits per heavy atom. The van der Waals surface area contributed by atoms with Crippen molar-refractivity contribution in [1.29, 1.82) is 0 Å². The zero-order chi connectivity index (χ0) is 12.4. The molecule has 1 unspecified atom stereocenters. The van der Waals surface area contributed by atoms with Gasteiger partial charge in [0.05, 0.1) is 5.38 Å². The van der Waals surface area contributed by atoms with E-state index in [4.69, 9.17) is 9.47 Å². The standard InChI is InChI=1S/C13H14NO3S.BrH/c15-11(8-14-3-6-18-9-14)10-1-2-12-13(7-10)17-5-4-16-12;/h1-3,6-7,9,11,15H,4-5,8H2;1H/q+1;/p-1. The molecule has 0 bridgehead atoms. The lowest BCUT2D eigenvalue weighted by Gasteiger charge is -2.19. The first-order chi connectivity index (χ1) is 8.83. The lowest BCUT2D eigenvalue weighted by molar-refractivity contribution is -0.700. The van der Waals surface area contributed by atoms with Crippen LogP contribution in [0, 0.1) is 0 Å². The third kappa shape index (κ3) is 3.26. The predicted molar refractivity (Wildman–Crippen MR) is 66.9 cm³/mol. The van der Waals surface area contributed by atoms with Crippen molar-refractivity contribution in [3.05, 3.63) is 40.8 Å². The van der Waals surface area contributed by atoms with Crippen LogP contribution in [0.5, 0.6) is 11.5 Å². The van der Waals surface area contributed by atoms with Gasteiger partial charge < -0.3 is 31.6 Å². The maximum Gasteiger partial charge on any atom is 0.224 e. The number of nitrogens with zero attached hydrogens (tertiary/aromatic N) is 1. The number of aliphatic hydroxyl groups is 1. The molecule has 0 amide bonds. The summed E-state index contributed by atoms with van der Waals surface area (Å²) in [6.45, 7) is 1.69. The Labute approximate surface area is 126 Å². The van der Waals surface area contributed by atoms with E-state index in [1.165, 1.54) is 0 Å². The smallest absolute Gasteiger partial charge is 0.224 e. The molecule has 1 aliphatic rings. The maximum absolute atomic E-state index is 10.2. The number of thiazole rings is 1. The second-order valence-corrected chi connectivity index (χ2v) is 4.90. The molecule has 0 aliphatic carbocycles. The van der Waals surface area contributed by atoms with Crippen molar-refractivity contribution in [3.8, 4) is 11.5 Å². The van der Waals surface area contributed by atoms with E-state index in [2.05, 4.69) is 0 Å². The maximum atomic E-state index is 10.2. The van der Waals surface area contributed by atoms with Crippen molar-refractivity contribution < 1.29 is 36.1 Å². The summed E-state index contributed by atoms with van der Waals surface area (Å²) < 4.78 is 12.9. The highest BCUT2D eigenvalue weighted by atomic mass is 79.9. The third-order valence-electron chi connectivity index (χ3n) is 2.86. The van der Waals surface area contributed by atoms with E-state index >= 15 is 0 Å². The number of rotatable bonds is 3. The molecule has 2 aromatic rings. The summed E-state index contributed by atoms with van der Waals surface area (Å²) in [5.74, 6) is 1.47. The largest absolute Gasteiger partial charge is 1.00 e. The summed E-state index contributed by atoms with van der Waals surface area (Å²) in [5.41, 5.74) is 2.82. The molecule has 19 heavy (non-hydrogen) atoms. The quantitative estimate of drug-likeness (QED) is 0.693. The van der Waals surface area contributed by atoms with E-state index in [-0.39, 0.29) is 17.0 Å². The summed E-state index contributed by atoms with van der Waals surface area (Å²) >= 11 is 1.61. The Balaban J connectivity index is 0.00000133. The van der Waals surface area contributed by atoms with Crippen LogP contribution in [0.3, 0.4) is 0 Å². The van der Waals surface area contributed by atoms with Gasteiger partial charge in [0.15, 0.2) is 24.2 Å². The molecule has 1 aromatic heterocycles. The van der Waals surface area contributed by atoms with Crippen LogP contribution in [0.25, 0.3) is 0 Å². The molecular weight excluding hydrogens is 330 g/mol. The normalized spacial score (nSPS) is 14.6. The van der Waals surface area contributed by atoms with Gasteiger partial charge >= 0.3 is 0 Å². The van der Waals surface area contributed by atoms with Crippen molar-refractivity contribution in [2.45, 2.75) is 12.6 Å². The van der Waals surface area contributed by atoms with Gasteiger partial charge in [0, 0.05) is 0 Å². The Kier molecular flexibility index (Phi) is 4.79. The first kappa shape index (κ1) is 14.3. The van der Waals surface area contributed by atoms with Gasteiger partial charge in [-0.25, -0.2) is 0 Å². The van der Waals surface area contributed by atoms with Crippen LogP contribution in [0.15, 0.2) is 35.3 Å². The van der Waals surface area contributed by atoms with Crippen molar-refractivity contribution in [2.75, 3.05) is 13.2 Å². The van der Waals surface area contributed by atoms with Gasteiger partial charge in [-0.05, 0) is 17.7 Å². The first-order valence-corrected chi connectivity index (χ1v) is 6.76. The number of benzene rings is 1. The van der Waals surface area contributed by atoms with E-state index in [0.717, 1.165) is 11.3 Å². The fourth-order valence-corrected chi connectivity index (χ4v) is 2.55. The lowest BCUT2D eigenvalue weighted by Crippen LogP contribution is -3.00. The minimum absolute atomic E-state index is 0. The second kappa shape index (κ2) is 6.36. The van der Waals surface area contributed by atoms with Gasteiger partial charge in [0.25, 0.3) is 0 Å². The van der Waals surface area contributed by atoms with Crippen LogP contribution in [0.1, 0.15) is 11.7 Å². The summed E-state index contributed by atoms with van der Waals surface area (Å²) in [4.78, 5) is 0. The van der Waals surface area contributed by atoms with E-state index in [9.17, 15) is 5.11 Å².